The van der Waals surface area contributed by atoms with Gasteiger partial charge in [0.1, 0.15) is 0 Å². The molecule has 2 fully saturated rings. The van der Waals surface area contributed by atoms with Crippen LogP contribution in [-0.4, -0.2) is 18.4 Å². The Morgan fingerprint density at radius 3 is 2.29 bits per heavy atom. The maximum atomic E-state index is 12.6. The van der Waals surface area contributed by atoms with Gasteiger partial charge in [-0.05, 0) is 29.6 Å². The molecular weight excluding hydrogens is 210 g/mol. The highest BCUT2D eigenvalue weighted by Gasteiger charge is 2.65. The van der Waals surface area contributed by atoms with E-state index in [4.69, 9.17) is 0 Å². The molecular formula is C15H27NO. The van der Waals surface area contributed by atoms with Crippen molar-refractivity contribution in [3.05, 3.63) is 0 Å². The summed E-state index contributed by atoms with van der Waals surface area (Å²) >= 11 is 0. The summed E-state index contributed by atoms with van der Waals surface area (Å²) in [5.74, 6) is 0.991. The molecule has 0 aliphatic heterocycles. The SMILES string of the molecule is CC(C)(C)CN[C@@H]1C(=O)[C@]2(C)CC[C@H]1C2(C)C. The van der Waals surface area contributed by atoms with Gasteiger partial charge in [-0.3, -0.25) is 4.79 Å². The highest BCUT2D eigenvalue weighted by atomic mass is 16.1. The lowest BCUT2D eigenvalue weighted by molar-refractivity contribution is -0.130. The van der Waals surface area contributed by atoms with Gasteiger partial charge in [-0.15, -0.1) is 0 Å². The van der Waals surface area contributed by atoms with Gasteiger partial charge < -0.3 is 5.32 Å². The number of Topliss-reactive ketones (excluding diaryl/α,β-unsaturated/α-hetero) is 1. The van der Waals surface area contributed by atoms with Gasteiger partial charge >= 0.3 is 0 Å². The fourth-order valence-corrected chi connectivity index (χ4v) is 3.74. The molecule has 0 unspecified atom stereocenters. The van der Waals surface area contributed by atoms with Gasteiger partial charge in [0.15, 0.2) is 5.78 Å². The molecule has 0 saturated heterocycles. The summed E-state index contributed by atoms with van der Waals surface area (Å²) in [6, 6.07) is 0.1000. The zero-order chi connectivity index (χ0) is 13.1. The van der Waals surface area contributed by atoms with Crippen molar-refractivity contribution in [2.75, 3.05) is 6.54 Å². The zero-order valence-corrected chi connectivity index (χ0v) is 12.2. The molecule has 17 heavy (non-hydrogen) atoms. The van der Waals surface area contributed by atoms with Crippen LogP contribution in [0.2, 0.25) is 0 Å². The lowest BCUT2D eigenvalue weighted by Crippen LogP contribution is -2.46. The van der Waals surface area contributed by atoms with Gasteiger partial charge in [-0.1, -0.05) is 41.5 Å². The molecule has 2 bridgehead atoms. The summed E-state index contributed by atoms with van der Waals surface area (Å²) in [5.41, 5.74) is 0.319. The Hall–Kier alpha value is -0.370. The maximum absolute atomic E-state index is 12.6. The minimum absolute atomic E-state index is 0.0901. The second-order valence-corrected chi connectivity index (χ2v) is 7.98. The molecule has 0 radical (unpaired) electrons. The van der Waals surface area contributed by atoms with Crippen LogP contribution in [-0.2, 0) is 4.79 Å². The van der Waals surface area contributed by atoms with Crippen LogP contribution in [0, 0.1) is 22.2 Å². The van der Waals surface area contributed by atoms with Crippen molar-refractivity contribution >= 4 is 5.78 Å². The predicted octanol–water partition coefficient (Wildman–Crippen LogP) is 3.02. The fourth-order valence-electron chi connectivity index (χ4n) is 3.74. The van der Waals surface area contributed by atoms with E-state index in [0.717, 1.165) is 13.0 Å². The van der Waals surface area contributed by atoms with E-state index in [1.54, 1.807) is 0 Å². The fraction of sp³-hybridized carbons (Fsp3) is 0.933. The first kappa shape index (κ1) is 13.1. The molecule has 0 heterocycles. The van der Waals surface area contributed by atoms with Crippen LogP contribution in [0.4, 0.5) is 0 Å². The maximum Gasteiger partial charge on any atom is 0.156 e. The van der Waals surface area contributed by atoms with Crippen LogP contribution in [0.5, 0.6) is 0 Å². The molecule has 0 aromatic rings. The van der Waals surface area contributed by atoms with E-state index in [0.29, 0.717) is 11.7 Å². The van der Waals surface area contributed by atoms with Crippen LogP contribution in [0.15, 0.2) is 0 Å². The summed E-state index contributed by atoms with van der Waals surface area (Å²) in [4.78, 5) is 12.6. The largest absolute Gasteiger partial charge is 0.307 e. The third kappa shape index (κ3) is 1.76. The molecule has 3 atom stereocenters. The van der Waals surface area contributed by atoms with Gasteiger partial charge in [-0.25, -0.2) is 0 Å². The van der Waals surface area contributed by atoms with E-state index in [1.807, 2.05) is 0 Å². The van der Waals surface area contributed by atoms with Crippen LogP contribution >= 0.6 is 0 Å². The van der Waals surface area contributed by atoms with Crippen LogP contribution in [0.3, 0.4) is 0 Å². The molecule has 0 amide bonds. The second-order valence-electron chi connectivity index (χ2n) is 7.98. The van der Waals surface area contributed by atoms with E-state index in [2.05, 4.69) is 46.9 Å². The van der Waals surface area contributed by atoms with Gasteiger partial charge in [0.2, 0.25) is 0 Å². The van der Waals surface area contributed by atoms with Gasteiger partial charge in [0, 0.05) is 12.0 Å². The molecule has 2 aliphatic rings. The molecule has 0 aromatic heterocycles. The number of carbonyl (C=O) groups excluding carboxylic acids is 1. The van der Waals surface area contributed by atoms with Gasteiger partial charge in [0.05, 0.1) is 6.04 Å². The van der Waals surface area contributed by atoms with Crippen molar-refractivity contribution in [1.29, 1.82) is 0 Å². The highest BCUT2D eigenvalue weighted by Crippen LogP contribution is 2.63. The molecule has 2 heteroatoms. The summed E-state index contributed by atoms with van der Waals surface area (Å²) in [5, 5.41) is 3.53. The highest BCUT2D eigenvalue weighted by molar-refractivity contribution is 5.94. The Balaban J connectivity index is 2.15. The number of nitrogens with one attached hydrogen (secondary N) is 1. The average Bonchev–Trinajstić information content (AvgIpc) is 2.46. The quantitative estimate of drug-likeness (QED) is 0.800. The first-order chi connectivity index (χ1) is 7.59. The van der Waals surface area contributed by atoms with Crippen LogP contribution in [0.25, 0.3) is 0 Å². The van der Waals surface area contributed by atoms with E-state index < -0.39 is 0 Å². The van der Waals surface area contributed by atoms with Crippen molar-refractivity contribution in [1.82, 2.24) is 5.32 Å². The Morgan fingerprint density at radius 1 is 1.29 bits per heavy atom. The number of carbonyl (C=O) groups is 1. The van der Waals surface area contributed by atoms with Gasteiger partial charge in [-0.2, -0.15) is 0 Å². The smallest absolute Gasteiger partial charge is 0.156 e. The van der Waals surface area contributed by atoms with Crippen molar-refractivity contribution < 1.29 is 4.79 Å². The molecule has 98 valence electrons. The molecule has 2 nitrogen and oxygen atoms in total. The minimum Gasteiger partial charge on any atom is -0.307 e. The first-order valence-corrected chi connectivity index (χ1v) is 6.87. The van der Waals surface area contributed by atoms with Crippen molar-refractivity contribution in [2.45, 2.75) is 60.4 Å². The lowest BCUT2D eigenvalue weighted by Gasteiger charge is -2.32. The second kappa shape index (κ2) is 3.57. The van der Waals surface area contributed by atoms with Crippen LogP contribution in [0.1, 0.15) is 54.4 Å². The monoisotopic (exact) mass is 237 g/mol. The van der Waals surface area contributed by atoms with Gasteiger partial charge in [0.25, 0.3) is 0 Å². The van der Waals surface area contributed by atoms with Crippen molar-refractivity contribution in [3.8, 4) is 0 Å². The third-order valence-electron chi connectivity index (χ3n) is 5.39. The summed E-state index contributed by atoms with van der Waals surface area (Å²) in [6.45, 7) is 14.3. The minimum atomic E-state index is -0.0901. The number of ketones is 1. The summed E-state index contributed by atoms with van der Waals surface area (Å²) < 4.78 is 0. The topological polar surface area (TPSA) is 29.1 Å². The molecule has 2 rings (SSSR count). The molecule has 0 aromatic carbocycles. The van der Waals surface area contributed by atoms with E-state index in [9.17, 15) is 4.79 Å². The van der Waals surface area contributed by atoms with Crippen molar-refractivity contribution in [3.63, 3.8) is 0 Å². The number of rotatable bonds is 2. The summed E-state index contributed by atoms with van der Waals surface area (Å²) in [7, 11) is 0. The average molecular weight is 237 g/mol. The zero-order valence-electron chi connectivity index (χ0n) is 12.2. The Labute approximate surface area is 106 Å². The molecule has 2 saturated carbocycles. The Morgan fingerprint density at radius 2 is 1.88 bits per heavy atom. The molecule has 1 N–H and O–H groups in total. The lowest BCUT2D eigenvalue weighted by atomic mass is 9.70. The molecule has 0 spiro atoms. The molecule has 2 aliphatic carbocycles. The van der Waals surface area contributed by atoms with Crippen molar-refractivity contribution in [2.24, 2.45) is 22.2 Å². The Bertz CT molecular complexity index is 339. The van der Waals surface area contributed by atoms with E-state index in [1.165, 1.54) is 6.42 Å². The number of fused-ring (bicyclic) bond motifs is 2. The predicted molar refractivity (Wildman–Crippen MR) is 70.9 cm³/mol. The number of hydrogen-bond donors (Lipinski definition) is 1. The van der Waals surface area contributed by atoms with E-state index in [-0.39, 0.29) is 22.3 Å². The number of hydrogen-bond acceptors (Lipinski definition) is 2. The normalized spacial score (nSPS) is 40.0. The van der Waals surface area contributed by atoms with Crippen LogP contribution < -0.4 is 5.32 Å². The summed E-state index contributed by atoms with van der Waals surface area (Å²) in [6.07, 6.45) is 2.29. The first-order valence-electron chi connectivity index (χ1n) is 6.87. The van der Waals surface area contributed by atoms with E-state index >= 15 is 0 Å². The third-order valence-corrected chi connectivity index (χ3v) is 5.39. The Kier molecular flexibility index (Phi) is 2.74. The standard InChI is InChI=1S/C15H27NO/c1-13(2,3)9-16-11-10-7-8-15(6,12(11)17)14(10,4)5/h10-11,16H,7-9H2,1-6H3/t10-,11+,15+/m1/s1.